The van der Waals surface area contributed by atoms with E-state index in [4.69, 9.17) is 5.73 Å². The van der Waals surface area contributed by atoms with E-state index in [0.29, 0.717) is 0 Å². The second-order valence-electron chi connectivity index (χ2n) is 4.94. The Labute approximate surface area is 127 Å². The molecule has 0 saturated carbocycles. The van der Waals surface area contributed by atoms with E-state index in [-0.39, 0.29) is 5.91 Å². The number of nitrogens with one attached hydrogen (secondary N) is 1. The van der Waals surface area contributed by atoms with Crippen molar-refractivity contribution in [3.8, 4) is 0 Å². The average Bonchev–Trinajstić information content (AvgIpc) is 2.44. The summed E-state index contributed by atoms with van der Waals surface area (Å²) in [6.45, 7) is 2.09. The zero-order valence-electron chi connectivity index (χ0n) is 11.5. The largest absolute Gasteiger partial charge is 0.325 e. The second kappa shape index (κ2) is 6.86. The molecule has 0 fully saturated rings. The molecule has 20 heavy (non-hydrogen) atoms. The van der Waals surface area contributed by atoms with Crippen LogP contribution in [-0.2, 0) is 4.79 Å². The predicted molar refractivity (Wildman–Crippen MR) is 87.8 cm³/mol. The van der Waals surface area contributed by atoms with Gasteiger partial charge < -0.3 is 11.1 Å². The topological polar surface area (TPSA) is 55.1 Å². The Kier molecular flexibility index (Phi) is 5.15. The number of hydrogen-bond acceptors (Lipinski definition) is 2. The molecule has 3 N–H and O–H groups in total. The molecule has 0 spiro atoms. The monoisotopic (exact) mass is 334 g/mol. The van der Waals surface area contributed by atoms with Crippen molar-refractivity contribution in [2.75, 3.05) is 5.32 Å². The van der Waals surface area contributed by atoms with Crippen molar-refractivity contribution in [2.24, 2.45) is 5.73 Å². The first-order valence-corrected chi connectivity index (χ1v) is 7.65. The molecule has 2 rings (SSSR count). The minimum Gasteiger partial charge on any atom is -0.325 e. The third-order valence-corrected chi connectivity index (χ3v) is 3.77. The summed E-state index contributed by atoms with van der Waals surface area (Å²) < 4.78 is 1.04. The molecule has 1 unspecified atom stereocenters. The fourth-order valence-electron chi connectivity index (χ4n) is 2.08. The quantitative estimate of drug-likeness (QED) is 0.866. The Morgan fingerprint density at radius 3 is 2.70 bits per heavy atom. The van der Waals surface area contributed by atoms with Gasteiger partial charge in [0.15, 0.2) is 0 Å². The molecule has 0 heterocycles. The van der Waals surface area contributed by atoms with E-state index >= 15 is 0 Å². The molecule has 0 saturated heterocycles. The SMILES string of the molecule is CCCCC(N)C(=O)Nc1ccc2cc(Br)ccc2c1. The number of rotatable bonds is 5. The summed E-state index contributed by atoms with van der Waals surface area (Å²) in [5.74, 6) is -0.116. The van der Waals surface area contributed by atoms with E-state index in [9.17, 15) is 4.79 Å². The Balaban J connectivity index is 2.09. The van der Waals surface area contributed by atoms with Gasteiger partial charge in [-0.15, -0.1) is 0 Å². The first-order chi connectivity index (χ1) is 9.60. The lowest BCUT2D eigenvalue weighted by molar-refractivity contribution is -0.117. The molecule has 1 amide bonds. The van der Waals surface area contributed by atoms with Crippen LogP contribution in [0.15, 0.2) is 40.9 Å². The van der Waals surface area contributed by atoms with Gasteiger partial charge in [-0.25, -0.2) is 0 Å². The summed E-state index contributed by atoms with van der Waals surface area (Å²) in [7, 11) is 0. The van der Waals surface area contributed by atoms with Crippen molar-refractivity contribution in [3.05, 3.63) is 40.9 Å². The van der Waals surface area contributed by atoms with E-state index in [2.05, 4.69) is 28.2 Å². The summed E-state index contributed by atoms with van der Waals surface area (Å²) in [5.41, 5.74) is 6.65. The number of unbranched alkanes of at least 4 members (excludes halogenated alkanes) is 1. The third-order valence-electron chi connectivity index (χ3n) is 3.28. The zero-order valence-corrected chi connectivity index (χ0v) is 13.1. The van der Waals surface area contributed by atoms with E-state index in [1.807, 2.05) is 36.4 Å². The highest BCUT2D eigenvalue weighted by atomic mass is 79.9. The lowest BCUT2D eigenvalue weighted by atomic mass is 10.1. The van der Waals surface area contributed by atoms with Gasteiger partial charge in [0.05, 0.1) is 6.04 Å². The van der Waals surface area contributed by atoms with Crippen LogP contribution in [0.25, 0.3) is 10.8 Å². The number of anilines is 1. The van der Waals surface area contributed by atoms with Crippen LogP contribution in [0.2, 0.25) is 0 Å². The molecule has 4 heteroatoms. The lowest BCUT2D eigenvalue weighted by Gasteiger charge is -2.12. The molecule has 0 bridgehead atoms. The van der Waals surface area contributed by atoms with Gasteiger partial charge in [-0.1, -0.05) is 47.8 Å². The maximum atomic E-state index is 12.0. The highest BCUT2D eigenvalue weighted by molar-refractivity contribution is 9.10. The molecule has 0 aliphatic carbocycles. The summed E-state index contributed by atoms with van der Waals surface area (Å²) in [6, 6.07) is 11.5. The predicted octanol–water partition coefficient (Wildman–Crippen LogP) is 4.06. The van der Waals surface area contributed by atoms with E-state index < -0.39 is 6.04 Å². The van der Waals surface area contributed by atoms with Crippen LogP contribution in [0, 0.1) is 0 Å². The van der Waals surface area contributed by atoms with E-state index in [1.165, 1.54) is 0 Å². The maximum Gasteiger partial charge on any atom is 0.241 e. The highest BCUT2D eigenvalue weighted by Gasteiger charge is 2.12. The molecule has 0 aliphatic heterocycles. The van der Waals surface area contributed by atoms with Gasteiger partial charge in [-0.2, -0.15) is 0 Å². The number of hydrogen-bond donors (Lipinski definition) is 2. The minimum absolute atomic E-state index is 0.116. The Bertz CT molecular complexity index is 612. The van der Waals surface area contributed by atoms with Gasteiger partial charge in [0, 0.05) is 10.2 Å². The fraction of sp³-hybridized carbons (Fsp3) is 0.312. The van der Waals surface area contributed by atoms with Crippen LogP contribution >= 0.6 is 15.9 Å². The van der Waals surface area contributed by atoms with Gasteiger partial charge >= 0.3 is 0 Å². The number of nitrogens with two attached hydrogens (primary N) is 1. The van der Waals surface area contributed by atoms with Gasteiger partial charge in [-0.05, 0) is 41.5 Å². The molecule has 3 nitrogen and oxygen atoms in total. The number of benzene rings is 2. The summed E-state index contributed by atoms with van der Waals surface area (Å²) in [6.07, 6.45) is 2.75. The van der Waals surface area contributed by atoms with E-state index in [0.717, 1.165) is 40.2 Å². The Morgan fingerprint density at radius 2 is 1.95 bits per heavy atom. The Morgan fingerprint density at radius 1 is 1.25 bits per heavy atom. The summed E-state index contributed by atoms with van der Waals surface area (Å²) in [5, 5.41) is 5.10. The number of carbonyl (C=O) groups excluding carboxylic acids is 1. The van der Waals surface area contributed by atoms with Crippen LogP contribution < -0.4 is 11.1 Å². The van der Waals surface area contributed by atoms with Crippen LogP contribution in [-0.4, -0.2) is 11.9 Å². The smallest absolute Gasteiger partial charge is 0.241 e. The number of fused-ring (bicyclic) bond motifs is 1. The highest BCUT2D eigenvalue weighted by Crippen LogP contribution is 2.23. The molecular weight excluding hydrogens is 316 g/mol. The van der Waals surface area contributed by atoms with Crippen LogP contribution in [0.5, 0.6) is 0 Å². The van der Waals surface area contributed by atoms with E-state index in [1.54, 1.807) is 0 Å². The molecule has 2 aromatic carbocycles. The number of amides is 1. The fourth-order valence-corrected chi connectivity index (χ4v) is 2.46. The van der Waals surface area contributed by atoms with Gasteiger partial charge in [0.1, 0.15) is 0 Å². The average molecular weight is 335 g/mol. The van der Waals surface area contributed by atoms with Crippen molar-refractivity contribution in [2.45, 2.75) is 32.2 Å². The third kappa shape index (κ3) is 3.81. The van der Waals surface area contributed by atoms with Crippen molar-refractivity contribution in [1.82, 2.24) is 0 Å². The minimum atomic E-state index is -0.435. The molecule has 1 atom stereocenters. The second-order valence-corrected chi connectivity index (χ2v) is 5.86. The lowest BCUT2D eigenvalue weighted by Crippen LogP contribution is -2.35. The number of halogens is 1. The van der Waals surface area contributed by atoms with Gasteiger partial charge in [-0.3, -0.25) is 4.79 Å². The molecule has 2 aromatic rings. The van der Waals surface area contributed by atoms with Gasteiger partial charge in [0.25, 0.3) is 0 Å². The normalized spacial score (nSPS) is 12.3. The molecule has 0 aliphatic rings. The molecule has 0 aromatic heterocycles. The van der Waals surface area contributed by atoms with Crippen molar-refractivity contribution < 1.29 is 4.79 Å². The molecular formula is C16H19BrN2O. The standard InChI is InChI=1S/C16H19BrN2O/c1-2-3-4-15(18)16(20)19-14-8-6-11-9-13(17)7-5-12(11)10-14/h5-10,15H,2-4,18H2,1H3,(H,19,20). The first-order valence-electron chi connectivity index (χ1n) is 6.86. The Hall–Kier alpha value is -1.39. The maximum absolute atomic E-state index is 12.0. The zero-order chi connectivity index (χ0) is 14.5. The molecule has 106 valence electrons. The van der Waals surface area contributed by atoms with Crippen LogP contribution in [0.1, 0.15) is 26.2 Å². The van der Waals surface area contributed by atoms with Crippen molar-refractivity contribution >= 4 is 38.3 Å². The van der Waals surface area contributed by atoms with Crippen molar-refractivity contribution in [3.63, 3.8) is 0 Å². The van der Waals surface area contributed by atoms with Crippen LogP contribution in [0.4, 0.5) is 5.69 Å². The molecule has 0 radical (unpaired) electrons. The van der Waals surface area contributed by atoms with Gasteiger partial charge in [0.2, 0.25) is 5.91 Å². The summed E-state index contributed by atoms with van der Waals surface area (Å²) >= 11 is 3.45. The first kappa shape index (κ1) is 15.0. The van der Waals surface area contributed by atoms with Crippen LogP contribution in [0.3, 0.4) is 0 Å². The van der Waals surface area contributed by atoms with Crippen molar-refractivity contribution in [1.29, 1.82) is 0 Å². The summed E-state index contributed by atoms with van der Waals surface area (Å²) in [4.78, 5) is 12.0. The number of carbonyl (C=O) groups is 1.